The number of hydrogen-bond acceptors (Lipinski definition) is 3. The normalized spacial score (nSPS) is 17.0. The van der Waals surface area contributed by atoms with E-state index in [0.717, 1.165) is 29.7 Å². The maximum Gasteiger partial charge on any atom is 0.249 e. The fraction of sp³-hybridized carbons (Fsp3) is 0.316. The van der Waals surface area contributed by atoms with Gasteiger partial charge in [0.05, 0.1) is 0 Å². The third-order valence-corrected chi connectivity index (χ3v) is 3.93. The molecule has 1 fully saturated rings. The van der Waals surface area contributed by atoms with Crippen LogP contribution in [0.4, 0.5) is 0 Å². The number of para-hydroxylation sites is 1. The average Bonchev–Trinajstić information content (AvgIpc) is 3.14. The summed E-state index contributed by atoms with van der Waals surface area (Å²) in [7, 11) is 0. The SMILES string of the molecule is O=C(NCc1ccccc1COc1ccccc1)C1CCCO1. The van der Waals surface area contributed by atoms with Gasteiger partial charge in [0, 0.05) is 13.2 Å². The first-order valence-corrected chi connectivity index (χ1v) is 7.97. The predicted molar refractivity (Wildman–Crippen MR) is 88.0 cm³/mol. The molecule has 3 rings (SSSR count). The lowest BCUT2D eigenvalue weighted by Crippen LogP contribution is -2.33. The number of rotatable bonds is 6. The molecule has 4 heteroatoms. The second-order valence-electron chi connectivity index (χ2n) is 5.59. The summed E-state index contributed by atoms with van der Waals surface area (Å²) in [6.07, 6.45) is 1.48. The molecule has 1 unspecified atom stereocenters. The molecule has 23 heavy (non-hydrogen) atoms. The maximum absolute atomic E-state index is 12.0. The van der Waals surface area contributed by atoms with Crippen molar-refractivity contribution >= 4 is 5.91 Å². The van der Waals surface area contributed by atoms with Gasteiger partial charge in [-0.15, -0.1) is 0 Å². The summed E-state index contributed by atoms with van der Waals surface area (Å²) in [5, 5.41) is 2.96. The fourth-order valence-electron chi connectivity index (χ4n) is 2.63. The van der Waals surface area contributed by atoms with E-state index in [-0.39, 0.29) is 12.0 Å². The molecule has 0 aliphatic carbocycles. The molecule has 1 amide bonds. The lowest BCUT2D eigenvalue weighted by atomic mass is 10.1. The van der Waals surface area contributed by atoms with Crippen molar-refractivity contribution < 1.29 is 14.3 Å². The van der Waals surface area contributed by atoms with Crippen molar-refractivity contribution in [2.75, 3.05) is 6.61 Å². The third-order valence-electron chi connectivity index (χ3n) is 3.93. The molecule has 2 aromatic rings. The molecule has 0 saturated carbocycles. The number of hydrogen-bond donors (Lipinski definition) is 1. The van der Waals surface area contributed by atoms with Crippen LogP contribution in [0.15, 0.2) is 54.6 Å². The average molecular weight is 311 g/mol. The summed E-state index contributed by atoms with van der Waals surface area (Å²) < 4.78 is 11.2. The van der Waals surface area contributed by atoms with Crippen LogP contribution in [0.1, 0.15) is 24.0 Å². The quantitative estimate of drug-likeness (QED) is 0.892. The molecule has 0 bridgehead atoms. The Bertz CT molecular complexity index is 636. The second kappa shape index (κ2) is 7.79. The molecule has 1 saturated heterocycles. The van der Waals surface area contributed by atoms with E-state index in [9.17, 15) is 4.79 Å². The van der Waals surface area contributed by atoms with Crippen molar-refractivity contribution in [3.63, 3.8) is 0 Å². The zero-order valence-corrected chi connectivity index (χ0v) is 13.0. The first-order chi connectivity index (χ1) is 11.3. The summed E-state index contributed by atoms with van der Waals surface area (Å²) in [6.45, 7) is 1.66. The third kappa shape index (κ3) is 4.33. The first-order valence-electron chi connectivity index (χ1n) is 7.97. The van der Waals surface area contributed by atoms with E-state index in [1.807, 2.05) is 54.6 Å². The van der Waals surface area contributed by atoms with Gasteiger partial charge in [-0.1, -0.05) is 42.5 Å². The van der Waals surface area contributed by atoms with Gasteiger partial charge in [-0.3, -0.25) is 4.79 Å². The highest BCUT2D eigenvalue weighted by Gasteiger charge is 2.23. The number of nitrogens with one attached hydrogen (secondary N) is 1. The van der Waals surface area contributed by atoms with Crippen LogP contribution in [-0.4, -0.2) is 18.6 Å². The lowest BCUT2D eigenvalue weighted by Gasteiger charge is -2.14. The van der Waals surface area contributed by atoms with Gasteiger partial charge in [-0.25, -0.2) is 0 Å². The summed E-state index contributed by atoms with van der Waals surface area (Å²) in [5.74, 6) is 0.812. The molecule has 4 nitrogen and oxygen atoms in total. The van der Waals surface area contributed by atoms with Crippen LogP contribution >= 0.6 is 0 Å². The van der Waals surface area contributed by atoms with Crippen LogP contribution in [-0.2, 0) is 22.7 Å². The van der Waals surface area contributed by atoms with Crippen LogP contribution in [0, 0.1) is 0 Å². The van der Waals surface area contributed by atoms with E-state index in [1.165, 1.54) is 0 Å². The van der Waals surface area contributed by atoms with Gasteiger partial charge in [0.1, 0.15) is 18.5 Å². The second-order valence-corrected chi connectivity index (χ2v) is 5.59. The molecule has 1 N–H and O–H groups in total. The molecule has 0 spiro atoms. The summed E-state index contributed by atoms with van der Waals surface area (Å²) in [6, 6.07) is 17.7. The number of amides is 1. The largest absolute Gasteiger partial charge is 0.489 e. The van der Waals surface area contributed by atoms with Gasteiger partial charge in [0.25, 0.3) is 0 Å². The van der Waals surface area contributed by atoms with Gasteiger partial charge in [-0.2, -0.15) is 0 Å². The molecule has 1 atom stereocenters. The summed E-state index contributed by atoms with van der Waals surface area (Å²) in [4.78, 5) is 12.0. The minimum atomic E-state index is -0.289. The smallest absolute Gasteiger partial charge is 0.249 e. The topological polar surface area (TPSA) is 47.6 Å². The van der Waals surface area contributed by atoms with Gasteiger partial charge < -0.3 is 14.8 Å². The Balaban J connectivity index is 1.58. The zero-order valence-electron chi connectivity index (χ0n) is 13.0. The highest BCUT2D eigenvalue weighted by Crippen LogP contribution is 2.16. The molecule has 1 aliphatic rings. The molecule has 0 radical (unpaired) electrons. The van der Waals surface area contributed by atoms with E-state index in [1.54, 1.807) is 0 Å². The zero-order chi connectivity index (χ0) is 15.9. The Morgan fingerprint density at radius 1 is 1.09 bits per heavy atom. The maximum atomic E-state index is 12.0. The van der Waals surface area contributed by atoms with Crippen molar-refractivity contribution in [3.8, 4) is 5.75 Å². The molecular weight excluding hydrogens is 290 g/mol. The van der Waals surface area contributed by atoms with E-state index in [2.05, 4.69) is 5.32 Å². The highest BCUT2D eigenvalue weighted by atomic mass is 16.5. The monoisotopic (exact) mass is 311 g/mol. The van der Waals surface area contributed by atoms with Crippen LogP contribution in [0.25, 0.3) is 0 Å². The van der Waals surface area contributed by atoms with Crippen molar-refractivity contribution in [2.45, 2.75) is 32.1 Å². The minimum absolute atomic E-state index is 0.0266. The number of carbonyl (C=O) groups excluding carboxylic acids is 1. The molecule has 1 heterocycles. The van der Waals surface area contributed by atoms with Crippen LogP contribution in [0.5, 0.6) is 5.75 Å². The highest BCUT2D eigenvalue weighted by molar-refractivity contribution is 5.80. The Labute approximate surface area is 136 Å². The Kier molecular flexibility index (Phi) is 5.27. The minimum Gasteiger partial charge on any atom is -0.489 e. The first kappa shape index (κ1) is 15.6. The van der Waals surface area contributed by atoms with E-state index in [4.69, 9.17) is 9.47 Å². The number of benzene rings is 2. The van der Waals surface area contributed by atoms with E-state index < -0.39 is 0 Å². The van der Waals surface area contributed by atoms with Gasteiger partial charge in [0.2, 0.25) is 5.91 Å². The molecule has 1 aliphatic heterocycles. The van der Waals surface area contributed by atoms with Crippen LogP contribution in [0.2, 0.25) is 0 Å². The standard InChI is InChI=1S/C19H21NO3/c21-19(18-11-6-12-22-18)20-13-15-7-4-5-8-16(15)14-23-17-9-2-1-3-10-17/h1-5,7-10,18H,6,11-14H2,(H,20,21). The van der Waals surface area contributed by atoms with E-state index in [0.29, 0.717) is 19.8 Å². The van der Waals surface area contributed by atoms with Crippen molar-refractivity contribution in [1.29, 1.82) is 0 Å². The molecule has 0 aromatic heterocycles. The fourth-order valence-corrected chi connectivity index (χ4v) is 2.63. The number of carbonyl (C=O) groups is 1. The van der Waals surface area contributed by atoms with Crippen LogP contribution in [0.3, 0.4) is 0 Å². The summed E-state index contributed by atoms with van der Waals surface area (Å²) >= 11 is 0. The molecule has 120 valence electrons. The van der Waals surface area contributed by atoms with Crippen molar-refractivity contribution in [2.24, 2.45) is 0 Å². The van der Waals surface area contributed by atoms with Gasteiger partial charge >= 0.3 is 0 Å². The van der Waals surface area contributed by atoms with E-state index >= 15 is 0 Å². The molecule has 2 aromatic carbocycles. The van der Waals surface area contributed by atoms with Crippen molar-refractivity contribution in [1.82, 2.24) is 5.32 Å². The Morgan fingerprint density at radius 3 is 2.57 bits per heavy atom. The van der Waals surface area contributed by atoms with Gasteiger partial charge in [0.15, 0.2) is 0 Å². The Hall–Kier alpha value is -2.33. The predicted octanol–water partition coefficient (Wildman–Crippen LogP) is 3.06. The number of ether oxygens (including phenoxy) is 2. The molecular formula is C19H21NO3. The Morgan fingerprint density at radius 2 is 1.83 bits per heavy atom. The van der Waals surface area contributed by atoms with Crippen LogP contribution < -0.4 is 10.1 Å². The lowest BCUT2D eigenvalue weighted by molar-refractivity contribution is -0.130. The summed E-state index contributed by atoms with van der Waals surface area (Å²) in [5.41, 5.74) is 2.14. The van der Waals surface area contributed by atoms with Gasteiger partial charge in [-0.05, 0) is 36.1 Å². The van der Waals surface area contributed by atoms with Crippen molar-refractivity contribution in [3.05, 3.63) is 65.7 Å².